The van der Waals surface area contributed by atoms with Crippen LogP contribution in [0.15, 0.2) is 18.2 Å². The minimum absolute atomic E-state index is 0.00222. The van der Waals surface area contributed by atoms with Gasteiger partial charge in [0.15, 0.2) is 17.3 Å². The van der Waals surface area contributed by atoms with E-state index in [0.717, 1.165) is 6.54 Å². The Morgan fingerprint density at radius 3 is 2.62 bits per heavy atom. The van der Waals surface area contributed by atoms with Crippen LogP contribution in [0.25, 0.3) is 0 Å². The van der Waals surface area contributed by atoms with Crippen molar-refractivity contribution in [1.29, 1.82) is 0 Å². The number of hydrogen-bond donors (Lipinski definition) is 1. The Hall–Kier alpha value is -1.55. The molecule has 0 aliphatic carbocycles. The predicted molar refractivity (Wildman–Crippen MR) is 62.4 cm³/mol. The molecule has 0 aromatic heterocycles. The van der Waals surface area contributed by atoms with Crippen LogP contribution in [-0.4, -0.2) is 33.1 Å². The number of ketones is 1. The van der Waals surface area contributed by atoms with Gasteiger partial charge in [0.2, 0.25) is 0 Å². The van der Waals surface area contributed by atoms with Gasteiger partial charge >= 0.3 is 0 Å². The number of nitrogens with one attached hydrogen (secondary N) is 1. The van der Waals surface area contributed by atoms with Crippen molar-refractivity contribution in [2.24, 2.45) is 0 Å². The summed E-state index contributed by atoms with van der Waals surface area (Å²) in [5.41, 5.74) is 0.544. The topological polar surface area (TPSA) is 47.6 Å². The van der Waals surface area contributed by atoms with Crippen LogP contribution >= 0.6 is 0 Å². The molecule has 0 radical (unpaired) electrons. The van der Waals surface area contributed by atoms with Crippen LogP contribution in [0.3, 0.4) is 0 Å². The Morgan fingerprint density at radius 1 is 1.31 bits per heavy atom. The van der Waals surface area contributed by atoms with E-state index in [1.165, 1.54) is 7.11 Å². The Labute approximate surface area is 95.6 Å². The molecule has 0 fully saturated rings. The quantitative estimate of drug-likeness (QED) is 0.742. The average Bonchev–Trinajstić information content (AvgIpc) is 2.34. The van der Waals surface area contributed by atoms with Crippen molar-refractivity contribution in [2.75, 3.05) is 27.3 Å². The number of hydrogen-bond acceptors (Lipinski definition) is 4. The van der Waals surface area contributed by atoms with Crippen LogP contribution in [0.2, 0.25) is 0 Å². The Kier molecular flexibility index (Phi) is 4.79. The Morgan fingerprint density at radius 2 is 2.06 bits per heavy atom. The molecular weight excluding hydrogens is 206 g/mol. The van der Waals surface area contributed by atoms with Gasteiger partial charge in [-0.15, -0.1) is 0 Å². The number of rotatable bonds is 6. The molecule has 1 aromatic carbocycles. The Bertz CT molecular complexity index is 363. The van der Waals surface area contributed by atoms with Crippen molar-refractivity contribution in [3.05, 3.63) is 23.8 Å². The molecule has 0 unspecified atom stereocenters. The van der Waals surface area contributed by atoms with Crippen molar-refractivity contribution in [3.63, 3.8) is 0 Å². The maximum Gasteiger partial charge on any atom is 0.180 e. The van der Waals surface area contributed by atoms with Crippen LogP contribution in [-0.2, 0) is 0 Å². The van der Waals surface area contributed by atoms with E-state index in [4.69, 9.17) is 9.47 Å². The molecule has 1 rings (SSSR count). The predicted octanol–water partition coefficient (Wildman–Crippen LogP) is 1.50. The van der Waals surface area contributed by atoms with Crippen molar-refractivity contribution in [3.8, 4) is 11.5 Å². The van der Waals surface area contributed by atoms with E-state index in [1.54, 1.807) is 25.3 Å². The minimum Gasteiger partial charge on any atom is -0.493 e. The van der Waals surface area contributed by atoms with E-state index in [1.807, 2.05) is 6.92 Å². The molecule has 1 N–H and O–H groups in total. The molecular formula is C12H17NO3. The van der Waals surface area contributed by atoms with Gasteiger partial charge in [0.05, 0.1) is 26.3 Å². The molecule has 0 atom stereocenters. The molecule has 1 aromatic rings. The second-order valence-corrected chi connectivity index (χ2v) is 3.24. The molecule has 0 aliphatic rings. The van der Waals surface area contributed by atoms with Crippen LogP contribution in [0.4, 0.5) is 0 Å². The zero-order valence-electron chi connectivity index (χ0n) is 9.87. The van der Waals surface area contributed by atoms with Crippen molar-refractivity contribution in [1.82, 2.24) is 5.32 Å². The molecule has 0 heterocycles. The van der Waals surface area contributed by atoms with Gasteiger partial charge < -0.3 is 14.8 Å². The summed E-state index contributed by atoms with van der Waals surface area (Å²) in [7, 11) is 3.08. The van der Waals surface area contributed by atoms with Gasteiger partial charge in [-0.05, 0) is 18.7 Å². The van der Waals surface area contributed by atoms with Crippen LogP contribution < -0.4 is 14.8 Å². The van der Waals surface area contributed by atoms with Crippen LogP contribution in [0.1, 0.15) is 17.3 Å². The lowest BCUT2D eigenvalue weighted by Crippen LogP contribution is -2.22. The second kappa shape index (κ2) is 6.12. The normalized spacial score (nSPS) is 9.94. The van der Waals surface area contributed by atoms with Crippen molar-refractivity contribution >= 4 is 5.78 Å². The van der Waals surface area contributed by atoms with Gasteiger partial charge in [-0.3, -0.25) is 4.79 Å². The zero-order valence-corrected chi connectivity index (χ0v) is 9.87. The molecule has 0 saturated heterocycles. The molecule has 16 heavy (non-hydrogen) atoms. The first-order valence-corrected chi connectivity index (χ1v) is 5.19. The number of benzene rings is 1. The first-order chi connectivity index (χ1) is 7.74. The summed E-state index contributed by atoms with van der Waals surface area (Å²) in [5.74, 6) is 1.07. The van der Waals surface area contributed by atoms with E-state index in [2.05, 4.69) is 5.32 Å². The Balaban J connectivity index is 2.98. The van der Waals surface area contributed by atoms with E-state index in [0.29, 0.717) is 23.6 Å². The monoisotopic (exact) mass is 223 g/mol. The third kappa shape index (κ3) is 2.73. The lowest BCUT2D eigenvalue weighted by molar-refractivity contribution is 0.0988. The van der Waals surface area contributed by atoms with Crippen LogP contribution in [0.5, 0.6) is 11.5 Å². The number of carbonyl (C=O) groups excluding carboxylic acids is 1. The minimum atomic E-state index is -0.00222. The standard InChI is InChI=1S/C12H17NO3/c1-4-13-8-10(14)9-6-5-7-11(15-2)12(9)16-3/h5-7,13H,4,8H2,1-3H3. The molecule has 0 spiro atoms. The number of ether oxygens (including phenoxy) is 2. The number of para-hydroxylation sites is 1. The van der Waals surface area contributed by atoms with E-state index >= 15 is 0 Å². The fourth-order valence-corrected chi connectivity index (χ4v) is 1.44. The average molecular weight is 223 g/mol. The molecule has 0 aliphatic heterocycles. The summed E-state index contributed by atoms with van der Waals surface area (Å²) >= 11 is 0. The summed E-state index contributed by atoms with van der Waals surface area (Å²) in [5, 5.41) is 2.99. The first kappa shape index (κ1) is 12.5. The van der Waals surface area contributed by atoms with Gasteiger partial charge in [0, 0.05) is 0 Å². The highest BCUT2D eigenvalue weighted by atomic mass is 16.5. The van der Waals surface area contributed by atoms with E-state index in [-0.39, 0.29) is 5.78 Å². The fourth-order valence-electron chi connectivity index (χ4n) is 1.44. The summed E-state index contributed by atoms with van der Waals surface area (Å²) < 4.78 is 10.3. The maximum atomic E-state index is 11.9. The van der Waals surface area contributed by atoms with E-state index in [9.17, 15) is 4.79 Å². The smallest absolute Gasteiger partial charge is 0.180 e. The summed E-state index contributed by atoms with van der Waals surface area (Å²) in [6, 6.07) is 5.28. The summed E-state index contributed by atoms with van der Waals surface area (Å²) in [6.07, 6.45) is 0. The molecule has 0 bridgehead atoms. The molecule has 0 amide bonds. The highest BCUT2D eigenvalue weighted by Gasteiger charge is 2.15. The second-order valence-electron chi connectivity index (χ2n) is 3.24. The number of carbonyl (C=O) groups is 1. The van der Waals surface area contributed by atoms with Gasteiger partial charge in [-0.1, -0.05) is 13.0 Å². The zero-order chi connectivity index (χ0) is 12.0. The molecule has 0 saturated carbocycles. The highest BCUT2D eigenvalue weighted by molar-refractivity contribution is 6.00. The third-order valence-electron chi connectivity index (χ3n) is 2.24. The van der Waals surface area contributed by atoms with Crippen LogP contribution in [0, 0.1) is 0 Å². The van der Waals surface area contributed by atoms with Gasteiger partial charge in [-0.25, -0.2) is 0 Å². The summed E-state index contributed by atoms with van der Waals surface area (Å²) in [4.78, 5) is 11.9. The lowest BCUT2D eigenvalue weighted by Gasteiger charge is -2.11. The number of methoxy groups -OCH3 is 2. The number of likely N-dealkylation sites (N-methyl/N-ethyl adjacent to an activating group) is 1. The third-order valence-corrected chi connectivity index (χ3v) is 2.24. The first-order valence-electron chi connectivity index (χ1n) is 5.19. The van der Waals surface area contributed by atoms with Gasteiger partial charge in [-0.2, -0.15) is 0 Å². The molecule has 4 nitrogen and oxygen atoms in total. The fraction of sp³-hybridized carbons (Fsp3) is 0.417. The number of Topliss-reactive ketones (excluding diaryl/α,β-unsaturated/α-hetero) is 1. The van der Waals surface area contributed by atoms with E-state index < -0.39 is 0 Å². The highest BCUT2D eigenvalue weighted by Crippen LogP contribution is 2.30. The lowest BCUT2D eigenvalue weighted by atomic mass is 10.1. The van der Waals surface area contributed by atoms with Crippen molar-refractivity contribution in [2.45, 2.75) is 6.92 Å². The van der Waals surface area contributed by atoms with Gasteiger partial charge in [0.1, 0.15) is 0 Å². The molecule has 88 valence electrons. The maximum absolute atomic E-state index is 11.9. The molecule has 4 heteroatoms. The largest absolute Gasteiger partial charge is 0.493 e. The summed E-state index contributed by atoms with van der Waals surface area (Å²) in [6.45, 7) is 3.02. The van der Waals surface area contributed by atoms with Crippen molar-refractivity contribution < 1.29 is 14.3 Å². The van der Waals surface area contributed by atoms with Gasteiger partial charge in [0.25, 0.3) is 0 Å². The SMILES string of the molecule is CCNCC(=O)c1cccc(OC)c1OC.